The van der Waals surface area contributed by atoms with Gasteiger partial charge >= 0.3 is 0 Å². The van der Waals surface area contributed by atoms with Gasteiger partial charge in [-0.2, -0.15) is 0 Å². The van der Waals surface area contributed by atoms with E-state index < -0.39 is 0 Å². The van der Waals surface area contributed by atoms with E-state index in [1.165, 1.54) is 0 Å². The van der Waals surface area contributed by atoms with Crippen molar-refractivity contribution in [3.63, 3.8) is 0 Å². The second-order valence-electron chi connectivity index (χ2n) is 6.75. The maximum atomic E-state index is 12.6. The number of hydrogen-bond donors (Lipinski definition) is 2. The molecule has 3 N–H and O–H groups in total. The number of imidazole rings is 1. The number of rotatable bonds is 2. The molecule has 0 fully saturated rings. The van der Waals surface area contributed by atoms with Crippen molar-refractivity contribution in [1.82, 2.24) is 14.4 Å². The summed E-state index contributed by atoms with van der Waals surface area (Å²) in [5.74, 6) is 6.57. The Kier molecular flexibility index (Phi) is 4.71. The van der Waals surface area contributed by atoms with Crippen molar-refractivity contribution in [3.8, 4) is 11.8 Å². The first-order chi connectivity index (χ1) is 14.0. The van der Waals surface area contributed by atoms with E-state index in [-0.39, 0.29) is 5.91 Å². The number of aromatic nitrogens is 3. The first kappa shape index (κ1) is 18.3. The third-order valence-corrected chi connectivity index (χ3v) is 4.55. The number of pyridine rings is 2. The zero-order valence-corrected chi connectivity index (χ0v) is 16.1. The summed E-state index contributed by atoms with van der Waals surface area (Å²) in [4.78, 5) is 21.1. The second kappa shape index (κ2) is 7.49. The molecule has 0 aliphatic carbocycles. The van der Waals surface area contributed by atoms with Crippen molar-refractivity contribution in [1.29, 1.82) is 0 Å². The molecule has 0 unspecified atom stereocenters. The molecular weight excluding hydrogens is 362 g/mol. The standard InChI is InChI=1S/C23H19N5O/c1-15-9-10-25-21(12-15)27-23(29)18-6-5-16(2)17(13-18)7-8-19-14-26-22-20(24)4-3-11-28(19)22/h3-6,9-14H,24H2,1-2H3,(H,25,27,29). The second-order valence-corrected chi connectivity index (χ2v) is 6.75. The summed E-state index contributed by atoms with van der Waals surface area (Å²) in [6, 6.07) is 12.8. The predicted molar refractivity (Wildman–Crippen MR) is 114 cm³/mol. The summed E-state index contributed by atoms with van der Waals surface area (Å²) >= 11 is 0. The molecule has 0 spiro atoms. The monoisotopic (exact) mass is 381 g/mol. The first-order valence-electron chi connectivity index (χ1n) is 9.09. The lowest BCUT2D eigenvalue weighted by atomic mass is 10.0. The molecule has 3 aromatic heterocycles. The molecule has 0 aliphatic rings. The third kappa shape index (κ3) is 3.80. The summed E-state index contributed by atoms with van der Waals surface area (Å²) in [7, 11) is 0. The summed E-state index contributed by atoms with van der Waals surface area (Å²) in [5, 5.41) is 2.82. The lowest BCUT2D eigenvalue weighted by Crippen LogP contribution is -2.13. The Morgan fingerprint density at radius 2 is 1.97 bits per heavy atom. The van der Waals surface area contributed by atoms with Gasteiger partial charge in [0.1, 0.15) is 11.5 Å². The van der Waals surface area contributed by atoms with Crippen LogP contribution in [0.4, 0.5) is 11.5 Å². The van der Waals surface area contributed by atoms with E-state index in [0.29, 0.717) is 22.7 Å². The molecule has 3 heterocycles. The number of aryl methyl sites for hydroxylation is 2. The van der Waals surface area contributed by atoms with Gasteiger partial charge in [0.15, 0.2) is 5.65 Å². The predicted octanol–water partition coefficient (Wildman–Crippen LogP) is 3.58. The van der Waals surface area contributed by atoms with Gasteiger partial charge in [-0.15, -0.1) is 0 Å². The average Bonchev–Trinajstić information content (AvgIpc) is 3.12. The molecule has 0 radical (unpaired) electrons. The van der Waals surface area contributed by atoms with Gasteiger partial charge in [0.25, 0.3) is 5.91 Å². The molecular formula is C23H19N5O. The molecule has 142 valence electrons. The van der Waals surface area contributed by atoms with Crippen LogP contribution in [0.2, 0.25) is 0 Å². The molecule has 0 bridgehead atoms. The number of amides is 1. The lowest BCUT2D eigenvalue weighted by molar-refractivity contribution is 0.102. The van der Waals surface area contributed by atoms with E-state index in [2.05, 4.69) is 27.1 Å². The van der Waals surface area contributed by atoms with E-state index in [0.717, 1.165) is 22.4 Å². The van der Waals surface area contributed by atoms with E-state index in [1.807, 2.05) is 48.7 Å². The fourth-order valence-corrected chi connectivity index (χ4v) is 2.95. The SMILES string of the molecule is Cc1ccnc(NC(=O)c2ccc(C)c(C#Cc3cnc4c(N)cccn34)c2)c1. The fourth-order valence-electron chi connectivity index (χ4n) is 2.95. The number of anilines is 2. The molecule has 6 nitrogen and oxygen atoms in total. The smallest absolute Gasteiger partial charge is 0.256 e. The third-order valence-electron chi connectivity index (χ3n) is 4.55. The van der Waals surface area contributed by atoms with Gasteiger partial charge in [0.2, 0.25) is 0 Å². The number of nitrogen functional groups attached to an aromatic ring is 1. The van der Waals surface area contributed by atoms with Crippen LogP contribution in [-0.2, 0) is 0 Å². The van der Waals surface area contributed by atoms with Gasteiger partial charge in [-0.25, -0.2) is 9.97 Å². The topological polar surface area (TPSA) is 85.3 Å². The Morgan fingerprint density at radius 1 is 1.10 bits per heavy atom. The minimum Gasteiger partial charge on any atom is -0.396 e. The molecule has 6 heteroatoms. The lowest BCUT2D eigenvalue weighted by Gasteiger charge is -2.07. The van der Waals surface area contributed by atoms with E-state index in [1.54, 1.807) is 30.6 Å². The minimum atomic E-state index is -0.228. The van der Waals surface area contributed by atoms with Crippen molar-refractivity contribution >= 4 is 23.1 Å². The maximum absolute atomic E-state index is 12.6. The van der Waals surface area contributed by atoms with Crippen LogP contribution in [0.3, 0.4) is 0 Å². The number of carbonyl (C=O) groups is 1. The summed E-state index contributed by atoms with van der Waals surface area (Å²) < 4.78 is 1.84. The summed E-state index contributed by atoms with van der Waals surface area (Å²) in [6.45, 7) is 3.91. The van der Waals surface area contributed by atoms with Gasteiger partial charge in [-0.1, -0.05) is 12.0 Å². The normalized spacial score (nSPS) is 10.4. The highest BCUT2D eigenvalue weighted by atomic mass is 16.1. The average molecular weight is 381 g/mol. The van der Waals surface area contributed by atoms with E-state index in [9.17, 15) is 4.79 Å². The molecule has 0 atom stereocenters. The van der Waals surface area contributed by atoms with Crippen LogP contribution in [0.1, 0.15) is 32.7 Å². The Morgan fingerprint density at radius 3 is 2.79 bits per heavy atom. The van der Waals surface area contributed by atoms with Crippen molar-refractivity contribution < 1.29 is 4.79 Å². The summed E-state index contributed by atoms with van der Waals surface area (Å²) in [5.41, 5.74) is 11.2. The zero-order chi connectivity index (χ0) is 20.4. The molecule has 4 rings (SSSR count). The van der Waals surface area contributed by atoms with Gasteiger partial charge in [-0.05, 0) is 67.3 Å². The maximum Gasteiger partial charge on any atom is 0.256 e. The molecule has 1 aromatic carbocycles. The molecule has 0 saturated heterocycles. The van der Waals surface area contributed by atoms with Crippen LogP contribution in [0.25, 0.3) is 5.65 Å². The zero-order valence-electron chi connectivity index (χ0n) is 16.1. The van der Waals surface area contributed by atoms with Crippen LogP contribution < -0.4 is 11.1 Å². The Labute approximate surface area is 168 Å². The van der Waals surface area contributed by atoms with Gasteiger partial charge < -0.3 is 11.1 Å². The van der Waals surface area contributed by atoms with Crippen LogP contribution in [-0.4, -0.2) is 20.3 Å². The highest BCUT2D eigenvalue weighted by Gasteiger charge is 2.09. The van der Waals surface area contributed by atoms with Crippen LogP contribution >= 0.6 is 0 Å². The quantitative estimate of drug-likeness (QED) is 0.520. The Balaban J connectivity index is 1.63. The minimum absolute atomic E-state index is 0.228. The number of benzene rings is 1. The number of hydrogen-bond acceptors (Lipinski definition) is 4. The molecule has 29 heavy (non-hydrogen) atoms. The highest BCUT2D eigenvalue weighted by molar-refractivity contribution is 6.04. The number of fused-ring (bicyclic) bond motifs is 1. The molecule has 0 saturated carbocycles. The van der Waals surface area contributed by atoms with Crippen LogP contribution in [0.5, 0.6) is 0 Å². The van der Waals surface area contributed by atoms with E-state index in [4.69, 9.17) is 5.73 Å². The number of nitrogens with zero attached hydrogens (tertiary/aromatic N) is 3. The highest BCUT2D eigenvalue weighted by Crippen LogP contribution is 2.15. The Bertz CT molecular complexity index is 1290. The van der Waals surface area contributed by atoms with Gasteiger partial charge in [0, 0.05) is 23.5 Å². The van der Waals surface area contributed by atoms with Gasteiger partial charge in [-0.3, -0.25) is 9.20 Å². The first-order valence-corrected chi connectivity index (χ1v) is 9.09. The molecule has 1 amide bonds. The van der Waals surface area contributed by atoms with Crippen LogP contribution in [0, 0.1) is 25.7 Å². The van der Waals surface area contributed by atoms with E-state index >= 15 is 0 Å². The number of nitrogens with one attached hydrogen (secondary N) is 1. The fraction of sp³-hybridized carbons (Fsp3) is 0.0870. The number of carbonyl (C=O) groups excluding carboxylic acids is 1. The van der Waals surface area contributed by atoms with Crippen molar-refractivity contribution in [2.45, 2.75) is 13.8 Å². The van der Waals surface area contributed by atoms with Crippen molar-refractivity contribution in [2.24, 2.45) is 0 Å². The summed E-state index contributed by atoms with van der Waals surface area (Å²) in [6.07, 6.45) is 5.22. The molecule has 0 aliphatic heterocycles. The number of nitrogens with two attached hydrogens (primary N) is 1. The van der Waals surface area contributed by atoms with Crippen molar-refractivity contribution in [3.05, 3.63) is 89.0 Å². The Hall–Kier alpha value is -4.11. The van der Waals surface area contributed by atoms with Crippen LogP contribution in [0.15, 0.2) is 61.1 Å². The van der Waals surface area contributed by atoms with Gasteiger partial charge in [0.05, 0.1) is 11.9 Å². The largest absolute Gasteiger partial charge is 0.396 e. The van der Waals surface area contributed by atoms with Crippen molar-refractivity contribution in [2.75, 3.05) is 11.1 Å². The molecule has 4 aromatic rings.